The number of rotatable bonds is 6. The van der Waals surface area contributed by atoms with Crippen molar-refractivity contribution in [3.05, 3.63) is 24.3 Å². The van der Waals surface area contributed by atoms with E-state index in [0.29, 0.717) is 0 Å². The summed E-state index contributed by atoms with van der Waals surface area (Å²) in [6.07, 6.45) is -0.247. The van der Waals surface area contributed by atoms with Gasteiger partial charge in [0.25, 0.3) is 0 Å². The Morgan fingerprint density at radius 1 is 1.24 bits per heavy atom. The third-order valence-corrected chi connectivity index (χ3v) is 4.84. The van der Waals surface area contributed by atoms with E-state index in [1.54, 1.807) is 12.1 Å². The number of aliphatic carboxylic acids is 1. The number of nitrogens with one attached hydrogen (secondary N) is 1. The van der Waals surface area contributed by atoms with Crippen molar-refractivity contribution < 1.29 is 23.1 Å². The van der Waals surface area contributed by atoms with Gasteiger partial charge in [0.2, 0.25) is 5.91 Å². The van der Waals surface area contributed by atoms with Crippen LogP contribution in [0.5, 0.6) is 0 Å². The lowest BCUT2D eigenvalue weighted by molar-refractivity contribution is -0.148. The molecule has 0 radical (unpaired) electrons. The lowest BCUT2D eigenvalue weighted by Crippen LogP contribution is -2.29. The highest BCUT2D eigenvalue weighted by Crippen LogP contribution is 2.25. The minimum Gasteiger partial charge on any atom is -0.481 e. The number of anilines is 1. The zero-order valence-corrected chi connectivity index (χ0v) is 13.0. The molecule has 1 rings (SSSR count). The van der Waals surface area contributed by atoms with Gasteiger partial charge in [-0.25, -0.2) is 8.42 Å². The quantitative estimate of drug-likeness (QED) is 0.835. The van der Waals surface area contributed by atoms with Gasteiger partial charge in [0.15, 0.2) is 9.84 Å². The lowest BCUT2D eigenvalue weighted by atomic mass is 9.89. The summed E-state index contributed by atoms with van der Waals surface area (Å²) in [5.74, 6) is -1.71. The molecule has 6 nitrogen and oxygen atoms in total. The number of carbonyl (C=O) groups excluding carboxylic acids is 1. The van der Waals surface area contributed by atoms with Crippen LogP contribution in [0.2, 0.25) is 0 Å². The monoisotopic (exact) mass is 313 g/mol. The Labute approximate surface area is 124 Å². The molecule has 0 aromatic heterocycles. The molecule has 0 saturated carbocycles. The molecule has 7 heteroatoms. The van der Waals surface area contributed by atoms with Crippen LogP contribution in [0.25, 0.3) is 0 Å². The molecule has 0 aliphatic rings. The summed E-state index contributed by atoms with van der Waals surface area (Å²) in [4.78, 5) is 23.0. The zero-order chi connectivity index (χ0) is 16.3. The number of hydrogen-bond donors (Lipinski definition) is 2. The summed E-state index contributed by atoms with van der Waals surface area (Å²) < 4.78 is 23.9. The standard InChI is InChI=1S/C14H19NO5S/c1-4-21(19,20)11-8-6-5-7-10(11)15-12(16)9-14(2,3)13(17)18/h5-8H,4,9H2,1-3H3,(H,15,16)(H,17,18). The maximum Gasteiger partial charge on any atom is 0.309 e. The summed E-state index contributed by atoms with van der Waals surface area (Å²) in [7, 11) is -3.47. The maximum absolute atomic E-state index is 12.0. The Hall–Kier alpha value is -1.89. The average molecular weight is 313 g/mol. The highest BCUT2D eigenvalue weighted by atomic mass is 32.2. The van der Waals surface area contributed by atoms with Gasteiger partial charge >= 0.3 is 5.97 Å². The van der Waals surface area contributed by atoms with Crippen molar-refractivity contribution in [2.24, 2.45) is 5.41 Å². The number of carbonyl (C=O) groups is 2. The minimum atomic E-state index is -3.47. The highest BCUT2D eigenvalue weighted by molar-refractivity contribution is 7.91. The Bertz CT molecular complexity index is 649. The predicted molar refractivity (Wildman–Crippen MR) is 78.8 cm³/mol. The van der Waals surface area contributed by atoms with E-state index >= 15 is 0 Å². The van der Waals surface area contributed by atoms with Crippen molar-refractivity contribution in [1.82, 2.24) is 0 Å². The van der Waals surface area contributed by atoms with Crippen molar-refractivity contribution in [3.63, 3.8) is 0 Å². The number of carboxylic acid groups (broad SMARTS) is 1. The Morgan fingerprint density at radius 3 is 2.33 bits per heavy atom. The van der Waals surface area contributed by atoms with Crippen LogP contribution in [0.3, 0.4) is 0 Å². The van der Waals surface area contributed by atoms with E-state index in [2.05, 4.69) is 5.32 Å². The summed E-state index contributed by atoms with van der Waals surface area (Å²) in [5, 5.41) is 11.5. The third kappa shape index (κ3) is 4.29. The summed E-state index contributed by atoms with van der Waals surface area (Å²) in [6.45, 7) is 4.38. The number of amides is 1. The van der Waals surface area contributed by atoms with E-state index in [9.17, 15) is 18.0 Å². The number of carboxylic acids is 1. The fourth-order valence-electron chi connectivity index (χ4n) is 1.67. The second-order valence-corrected chi connectivity index (χ2v) is 7.56. The lowest BCUT2D eigenvalue weighted by Gasteiger charge is -2.19. The molecule has 0 aliphatic carbocycles. The van der Waals surface area contributed by atoms with Gasteiger partial charge in [-0.3, -0.25) is 9.59 Å². The number of para-hydroxylation sites is 1. The average Bonchev–Trinajstić information content (AvgIpc) is 2.38. The van der Waals surface area contributed by atoms with Crippen molar-refractivity contribution in [3.8, 4) is 0 Å². The molecule has 0 heterocycles. The molecular formula is C14H19NO5S. The van der Waals surface area contributed by atoms with Crippen LogP contribution in [0, 0.1) is 5.41 Å². The van der Waals surface area contributed by atoms with Crippen LogP contribution >= 0.6 is 0 Å². The van der Waals surface area contributed by atoms with Gasteiger partial charge in [-0.15, -0.1) is 0 Å². The summed E-state index contributed by atoms with van der Waals surface area (Å²) in [6, 6.07) is 6.07. The Balaban J connectivity index is 3.00. The maximum atomic E-state index is 12.0. The van der Waals surface area contributed by atoms with Crippen LogP contribution in [-0.2, 0) is 19.4 Å². The molecule has 0 saturated heterocycles. The molecule has 1 aromatic rings. The minimum absolute atomic E-state index is 0.0361. The largest absolute Gasteiger partial charge is 0.481 e. The number of benzene rings is 1. The second-order valence-electron chi connectivity index (χ2n) is 5.31. The molecule has 0 fully saturated rings. The van der Waals surface area contributed by atoms with E-state index in [1.165, 1.54) is 32.9 Å². The van der Waals surface area contributed by atoms with Gasteiger partial charge in [-0.2, -0.15) is 0 Å². The van der Waals surface area contributed by atoms with Crippen molar-refractivity contribution in [2.45, 2.75) is 32.1 Å². The molecular weight excluding hydrogens is 294 g/mol. The fraction of sp³-hybridized carbons (Fsp3) is 0.429. The van der Waals surface area contributed by atoms with E-state index in [1.807, 2.05) is 0 Å². The first-order valence-corrected chi connectivity index (χ1v) is 8.10. The molecule has 0 spiro atoms. The van der Waals surface area contributed by atoms with Gasteiger partial charge in [0, 0.05) is 6.42 Å². The number of hydrogen-bond acceptors (Lipinski definition) is 4. The first-order valence-electron chi connectivity index (χ1n) is 6.45. The molecule has 0 unspecified atom stereocenters. The molecule has 0 aliphatic heterocycles. The smallest absolute Gasteiger partial charge is 0.309 e. The molecule has 116 valence electrons. The first-order chi connectivity index (χ1) is 9.60. The second kappa shape index (κ2) is 6.26. The Kier molecular flexibility index (Phi) is 5.11. The van der Waals surface area contributed by atoms with Crippen LogP contribution in [-0.4, -0.2) is 31.2 Å². The first kappa shape index (κ1) is 17.2. The fourth-order valence-corrected chi connectivity index (χ4v) is 2.72. The van der Waals surface area contributed by atoms with Gasteiger partial charge in [-0.05, 0) is 26.0 Å². The summed E-state index contributed by atoms with van der Waals surface area (Å²) >= 11 is 0. The van der Waals surface area contributed by atoms with Crippen LogP contribution in [0.1, 0.15) is 27.2 Å². The normalized spacial score (nSPS) is 12.0. The molecule has 1 amide bonds. The number of sulfone groups is 1. The zero-order valence-electron chi connectivity index (χ0n) is 12.2. The van der Waals surface area contributed by atoms with Gasteiger partial charge in [0.1, 0.15) is 0 Å². The van der Waals surface area contributed by atoms with Crippen molar-refractivity contribution in [2.75, 3.05) is 11.1 Å². The van der Waals surface area contributed by atoms with Crippen LogP contribution in [0.4, 0.5) is 5.69 Å². The van der Waals surface area contributed by atoms with E-state index in [4.69, 9.17) is 5.11 Å². The van der Waals surface area contributed by atoms with E-state index in [-0.39, 0.29) is 22.8 Å². The van der Waals surface area contributed by atoms with Crippen molar-refractivity contribution in [1.29, 1.82) is 0 Å². The predicted octanol–water partition coefficient (Wildman–Crippen LogP) is 1.92. The van der Waals surface area contributed by atoms with Gasteiger partial charge in [-0.1, -0.05) is 19.1 Å². The van der Waals surface area contributed by atoms with Gasteiger partial charge < -0.3 is 10.4 Å². The summed E-state index contributed by atoms with van der Waals surface area (Å²) in [5.41, 5.74) is -1.05. The molecule has 0 atom stereocenters. The topological polar surface area (TPSA) is 101 Å². The highest BCUT2D eigenvalue weighted by Gasteiger charge is 2.30. The SMILES string of the molecule is CCS(=O)(=O)c1ccccc1NC(=O)CC(C)(C)C(=O)O. The van der Waals surface area contributed by atoms with Crippen LogP contribution < -0.4 is 5.32 Å². The van der Waals surface area contributed by atoms with E-state index in [0.717, 1.165) is 0 Å². The van der Waals surface area contributed by atoms with E-state index < -0.39 is 27.1 Å². The third-order valence-electron chi connectivity index (χ3n) is 3.06. The van der Waals surface area contributed by atoms with Crippen molar-refractivity contribution >= 4 is 27.4 Å². The van der Waals surface area contributed by atoms with Gasteiger partial charge in [0.05, 0.1) is 21.8 Å². The molecule has 21 heavy (non-hydrogen) atoms. The molecule has 1 aromatic carbocycles. The molecule has 2 N–H and O–H groups in total. The molecule has 0 bridgehead atoms. The Morgan fingerprint density at radius 2 is 1.81 bits per heavy atom. The van der Waals surface area contributed by atoms with Crippen LogP contribution in [0.15, 0.2) is 29.2 Å².